The topological polar surface area (TPSA) is 53.0 Å². The second-order valence-corrected chi connectivity index (χ2v) is 7.28. The van der Waals surface area contributed by atoms with Crippen molar-refractivity contribution in [3.63, 3.8) is 0 Å². The zero-order chi connectivity index (χ0) is 17.2. The van der Waals surface area contributed by atoms with Crippen LogP contribution in [0.15, 0.2) is 24.3 Å². The third kappa shape index (κ3) is 4.08. The number of carbonyl (C=O) groups excluding carboxylic acids is 1. The van der Waals surface area contributed by atoms with E-state index in [-0.39, 0.29) is 5.91 Å². The standard InChI is InChI=1S/C19H28N2O3/c1-15-3-5-18(6-4-15)24-14-19(23)9-12-21(13-19)17-7-10-20(11-8-17)16(2)22/h3-6,17,23H,7-14H2,1-2H3/t19-/m1/s1. The highest BCUT2D eigenvalue weighted by molar-refractivity contribution is 5.73. The molecule has 0 unspecified atom stereocenters. The second-order valence-electron chi connectivity index (χ2n) is 7.28. The zero-order valence-electron chi connectivity index (χ0n) is 14.7. The number of hydrogen-bond acceptors (Lipinski definition) is 4. The number of piperidine rings is 1. The molecule has 0 radical (unpaired) electrons. The quantitative estimate of drug-likeness (QED) is 0.914. The van der Waals surface area contributed by atoms with E-state index in [4.69, 9.17) is 4.74 Å². The number of amides is 1. The summed E-state index contributed by atoms with van der Waals surface area (Å²) in [6.45, 7) is 7.23. The molecular weight excluding hydrogens is 304 g/mol. The van der Waals surface area contributed by atoms with Crippen LogP contribution in [0.1, 0.15) is 31.7 Å². The molecule has 0 spiro atoms. The molecule has 1 atom stereocenters. The fourth-order valence-electron chi connectivity index (χ4n) is 3.72. The van der Waals surface area contributed by atoms with Gasteiger partial charge in [-0.05, 0) is 38.3 Å². The Labute approximate surface area is 144 Å². The highest BCUT2D eigenvalue weighted by Crippen LogP contribution is 2.28. The third-order valence-electron chi connectivity index (χ3n) is 5.32. The maximum atomic E-state index is 11.4. The van der Waals surface area contributed by atoms with Crippen LogP contribution in [0.2, 0.25) is 0 Å². The molecule has 2 aliphatic heterocycles. The minimum absolute atomic E-state index is 0.165. The van der Waals surface area contributed by atoms with Gasteiger partial charge in [0, 0.05) is 39.1 Å². The Bertz CT molecular complexity index is 566. The van der Waals surface area contributed by atoms with Gasteiger partial charge in [-0.1, -0.05) is 17.7 Å². The van der Waals surface area contributed by atoms with Crippen LogP contribution in [0, 0.1) is 6.92 Å². The molecule has 2 heterocycles. The van der Waals surface area contributed by atoms with Gasteiger partial charge in [-0.15, -0.1) is 0 Å². The van der Waals surface area contributed by atoms with Crippen molar-refractivity contribution in [1.29, 1.82) is 0 Å². The maximum absolute atomic E-state index is 11.4. The lowest BCUT2D eigenvalue weighted by molar-refractivity contribution is -0.130. The molecule has 5 heteroatoms. The number of nitrogens with zero attached hydrogens (tertiary/aromatic N) is 2. The van der Waals surface area contributed by atoms with Crippen molar-refractivity contribution in [1.82, 2.24) is 9.80 Å². The van der Waals surface area contributed by atoms with Gasteiger partial charge in [0.1, 0.15) is 18.0 Å². The maximum Gasteiger partial charge on any atom is 0.219 e. The van der Waals surface area contributed by atoms with Crippen LogP contribution in [-0.2, 0) is 4.79 Å². The summed E-state index contributed by atoms with van der Waals surface area (Å²) in [6.07, 6.45) is 2.73. The van der Waals surface area contributed by atoms with E-state index in [0.717, 1.165) is 44.6 Å². The number of benzene rings is 1. The average Bonchev–Trinajstić information content (AvgIpc) is 2.97. The van der Waals surface area contributed by atoms with Gasteiger partial charge in [0.2, 0.25) is 5.91 Å². The van der Waals surface area contributed by atoms with Crippen molar-refractivity contribution in [3.05, 3.63) is 29.8 Å². The molecule has 5 nitrogen and oxygen atoms in total. The first-order valence-corrected chi connectivity index (χ1v) is 8.87. The molecule has 0 aliphatic carbocycles. The Morgan fingerprint density at radius 1 is 1.25 bits per heavy atom. The summed E-state index contributed by atoms with van der Waals surface area (Å²) in [4.78, 5) is 15.7. The van der Waals surface area contributed by atoms with Gasteiger partial charge >= 0.3 is 0 Å². The van der Waals surface area contributed by atoms with Crippen molar-refractivity contribution in [3.8, 4) is 5.75 Å². The summed E-state index contributed by atoms with van der Waals surface area (Å²) in [7, 11) is 0. The third-order valence-corrected chi connectivity index (χ3v) is 5.32. The molecule has 2 fully saturated rings. The van der Waals surface area contributed by atoms with Gasteiger partial charge in [0.25, 0.3) is 0 Å². The van der Waals surface area contributed by atoms with Crippen molar-refractivity contribution >= 4 is 5.91 Å². The molecule has 1 aromatic rings. The Kier molecular flexibility index (Phi) is 5.11. The van der Waals surface area contributed by atoms with Crippen molar-refractivity contribution < 1.29 is 14.6 Å². The van der Waals surface area contributed by atoms with Crippen molar-refractivity contribution in [2.45, 2.75) is 44.8 Å². The fourth-order valence-corrected chi connectivity index (χ4v) is 3.72. The van der Waals surface area contributed by atoms with Crippen LogP contribution >= 0.6 is 0 Å². The smallest absolute Gasteiger partial charge is 0.219 e. The first kappa shape index (κ1) is 17.2. The number of β-amino-alcohol motifs (C(OH)–C–C–N with tert-alkyl or cyclic N) is 1. The van der Waals surface area contributed by atoms with Gasteiger partial charge in [-0.2, -0.15) is 0 Å². The highest BCUT2D eigenvalue weighted by atomic mass is 16.5. The van der Waals surface area contributed by atoms with E-state index in [9.17, 15) is 9.90 Å². The Balaban J connectivity index is 1.49. The van der Waals surface area contributed by atoms with Crippen LogP contribution in [-0.4, -0.2) is 65.2 Å². The molecule has 0 bridgehead atoms. The lowest BCUT2D eigenvalue weighted by Crippen LogP contribution is -2.47. The average molecular weight is 332 g/mol. The molecule has 132 valence electrons. The number of carbonyl (C=O) groups is 1. The Morgan fingerprint density at radius 3 is 2.54 bits per heavy atom. The molecule has 1 aromatic carbocycles. The van der Waals surface area contributed by atoms with E-state index in [1.807, 2.05) is 36.1 Å². The predicted molar refractivity (Wildman–Crippen MR) is 93.1 cm³/mol. The molecule has 1 N–H and O–H groups in total. The molecule has 1 amide bonds. The van der Waals surface area contributed by atoms with Crippen molar-refractivity contribution in [2.75, 3.05) is 32.8 Å². The monoisotopic (exact) mass is 332 g/mol. The first-order valence-electron chi connectivity index (χ1n) is 8.87. The van der Waals surface area contributed by atoms with Crippen LogP contribution in [0.5, 0.6) is 5.75 Å². The molecule has 2 saturated heterocycles. The van der Waals surface area contributed by atoms with Gasteiger partial charge in [-0.3, -0.25) is 9.69 Å². The van der Waals surface area contributed by atoms with Gasteiger partial charge in [0.15, 0.2) is 0 Å². The van der Waals surface area contributed by atoms with Crippen LogP contribution in [0.3, 0.4) is 0 Å². The molecule has 0 aromatic heterocycles. The van der Waals surface area contributed by atoms with Crippen molar-refractivity contribution in [2.24, 2.45) is 0 Å². The molecule has 0 saturated carbocycles. The van der Waals surface area contributed by atoms with Crippen LogP contribution in [0.4, 0.5) is 0 Å². The number of rotatable bonds is 4. The minimum atomic E-state index is -0.775. The summed E-state index contributed by atoms with van der Waals surface area (Å²) >= 11 is 0. The summed E-state index contributed by atoms with van der Waals surface area (Å²) in [5.41, 5.74) is 0.424. The predicted octanol–water partition coefficient (Wildman–Crippen LogP) is 1.82. The van der Waals surface area contributed by atoms with Gasteiger partial charge in [-0.25, -0.2) is 0 Å². The summed E-state index contributed by atoms with van der Waals surface area (Å²) in [5, 5.41) is 10.8. The summed E-state index contributed by atoms with van der Waals surface area (Å²) in [5.74, 6) is 0.972. The Hall–Kier alpha value is -1.59. The lowest BCUT2D eigenvalue weighted by atomic mass is 10.0. The summed E-state index contributed by atoms with van der Waals surface area (Å²) in [6, 6.07) is 8.40. The molecule has 3 rings (SSSR count). The zero-order valence-corrected chi connectivity index (χ0v) is 14.7. The molecule has 2 aliphatic rings. The van der Waals surface area contributed by atoms with Crippen LogP contribution < -0.4 is 4.74 Å². The Morgan fingerprint density at radius 2 is 1.92 bits per heavy atom. The normalized spacial score (nSPS) is 25.9. The number of ether oxygens (including phenoxy) is 1. The molecule has 24 heavy (non-hydrogen) atoms. The van der Waals surface area contributed by atoms with Crippen LogP contribution in [0.25, 0.3) is 0 Å². The van der Waals surface area contributed by atoms with E-state index in [1.54, 1.807) is 6.92 Å². The van der Waals surface area contributed by atoms with Gasteiger partial charge in [0.05, 0.1) is 0 Å². The van der Waals surface area contributed by atoms with E-state index >= 15 is 0 Å². The lowest BCUT2D eigenvalue weighted by Gasteiger charge is -2.36. The number of hydrogen-bond donors (Lipinski definition) is 1. The number of likely N-dealkylation sites (tertiary alicyclic amines) is 2. The summed E-state index contributed by atoms with van der Waals surface area (Å²) < 4.78 is 5.80. The number of aliphatic hydroxyl groups is 1. The van der Waals surface area contributed by atoms with E-state index in [0.29, 0.717) is 19.2 Å². The number of aryl methyl sites for hydroxylation is 1. The largest absolute Gasteiger partial charge is 0.491 e. The highest BCUT2D eigenvalue weighted by Gasteiger charge is 2.40. The van der Waals surface area contributed by atoms with E-state index < -0.39 is 5.60 Å². The van der Waals surface area contributed by atoms with E-state index in [1.165, 1.54) is 5.56 Å². The second kappa shape index (κ2) is 7.11. The minimum Gasteiger partial charge on any atom is -0.491 e. The van der Waals surface area contributed by atoms with E-state index in [2.05, 4.69) is 4.90 Å². The first-order chi connectivity index (χ1) is 11.5. The SMILES string of the molecule is CC(=O)N1CCC(N2CC[C@](O)(COc3ccc(C)cc3)C2)CC1. The fraction of sp³-hybridized carbons (Fsp3) is 0.632. The molecular formula is C19H28N2O3. The van der Waals surface area contributed by atoms with Gasteiger partial charge < -0.3 is 14.7 Å².